The molecule has 4 aromatic heterocycles. The number of fused-ring (bicyclic) bond motifs is 14. The Morgan fingerprint density at radius 2 is 1.08 bits per heavy atom. The van der Waals surface area contributed by atoms with Crippen molar-refractivity contribution in [2.45, 2.75) is 0 Å². The molecule has 292 valence electrons. The zero-order valence-corrected chi connectivity index (χ0v) is 34.4. The van der Waals surface area contributed by atoms with Crippen LogP contribution in [-0.4, -0.2) is 19.5 Å². The summed E-state index contributed by atoms with van der Waals surface area (Å²) in [5.74, 6) is 1.88. The lowest BCUT2D eigenvalue weighted by atomic mass is 10.0. The van der Waals surface area contributed by atoms with Crippen LogP contribution < -0.4 is 0 Å². The molecule has 0 atom stereocenters. The minimum absolute atomic E-state index is 0.606. The average Bonchev–Trinajstić information content (AvgIpc) is 4.02. The van der Waals surface area contributed by atoms with Gasteiger partial charge >= 0.3 is 0 Å². The van der Waals surface area contributed by atoms with Crippen LogP contribution in [0.2, 0.25) is 0 Å². The number of nitrogens with zero attached hydrogens (tertiary/aromatic N) is 4. The van der Waals surface area contributed by atoms with Gasteiger partial charge in [0.15, 0.2) is 17.5 Å². The minimum atomic E-state index is 0.606. The van der Waals surface area contributed by atoms with Crippen LogP contribution in [0.1, 0.15) is 0 Å². The Labute approximate surface area is 363 Å². The second-order valence-corrected chi connectivity index (χ2v) is 17.4. The molecule has 4 heterocycles. The summed E-state index contributed by atoms with van der Waals surface area (Å²) in [6.45, 7) is 0. The number of thiophene rings is 1. The summed E-state index contributed by atoms with van der Waals surface area (Å²) in [6.07, 6.45) is 0. The van der Waals surface area contributed by atoms with Gasteiger partial charge in [0.2, 0.25) is 0 Å². The van der Waals surface area contributed by atoms with Crippen molar-refractivity contribution in [2.24, 2.45) is 0 Å². The van der Waals surface area contributed by atoms with Crippen molar-refractivity contribution in [2.75, 3.05) is 0 Å². The highest BCUT2D eigenvalue weighted by Gasteiger charge is 2.22. The Morgan fingerprint density at radius 1 is 0.397 bits per heavy atom. The van der Waals surface area contributed by atoms with E-state index in [1.807, 2.05) is 18.2 Å². The Hall–Kier alpha value is -8.19. The molecule has 0 N–H and O–H groups in total. The van der Waals surface area contributed by atoms with Crippen LogP contribution in [-0.2, 0) is 0 Å². The smallest absolute Gasteiger partial charge is 0.165 e. The van der Waals surface area contributed by atoms with Gasteiger partial charge in [0, 0.05) is 74.6 Å². The fourth-order valence-corrected chi connectivity index (χ4v) is 11.1. The lowest BCUT2D eigenvalue weighted by molar-refractivity contribution is 0.672. The molecule has 6 heteroatoms. The van der Waals surface area contributed by atoms with Crippen LogP contribution in [0.25, 0.3) is 136 Å². The SMILES string of the molecule is c1ccc(-c2nc(-c3ccc4oc5c6ccccc6c(-n6c7cc8ccccc8cc7c7ccc8ccccc8c76)cc5c4c3)nc(-c3cccc4c3sc3ccccc34)n2)cc1. The van der Waals surface area contributed by atoms with E-state index in [1.165, 1.54) is 53.3 Å². The third kappa shape index (κ3) is 5.13. The maximum absolute atomic E-state index is 6.83. The second kappa shape index (κ2) is 13.2. The van der Waals surface area contributed by atoms with Gasteiger partial charge in [-0.15, -0.1) is 11.3 Å². The normalized spacial score (nSPS) is 12.1. The largest absolute Gasteiger partial charge is 0.455 e. The number of aromatic nitrogens is 4. The van der Waals surface area contributed by atoms with E-state index in [-0.39, 0.29) is 0 Å². The molecule has 0 aliphatic carbocycles. The van der Waals surface area contributed by atoms with Crippen molar-refractivity contribution in [1.29, 1.82) is 0 Å². The van der Waals surface area contributed by atoms with Gasteiger partial charge < -0.3 is 8.98 Å². The first kappa shape index (κ1) is 34.5. The van der Waals surface area contributed by atoms with Gasteiger partial charge in [-0.05, 0) is 64.7 Å². The molecule has 0 saturated heterocycles. The maximum atomic E-state index is 6.83. The molecule has 0 bridgehead atoms. The molecule has 14 rings (SSSR count). The lowest BCUT2D eigenvalue weighted by Gasteiger charge is -2.14. The highest BCUT2D eigenvalue weighted by Crippen LogP contribution is 2.45. The summed E-state index contributed by atoms with van der Waals surface area (Å²) in [5, 5.41) is 14.0. The van der Waals surface area contributed by atoms with E-state index < -0.39 is 0 Å². The summed E-state index contributed by atoms with van der Waals surface area (Å²) in [6, 6.07) is 69.1. The van der Waals surface area contributed by atoms with E-state index in [1.54, 1.807) is 11.3 Å². The van der Waals surface area contributed by atoms with Crippen molar-refractivity contribution in [3.8, 4) is 39.9 Å². The van der Waals surface area contributed by atoms with Gasteiger partial charge in [-0.25, -0.2) is 15.0 Å². The number of benzene rings is 10. The molecule has 10 aromatic carbocycles. The van der Waals surface area contributed by atoms with Crippen LogP contribution in [0.4, 0.5) is 0 Å². The van der Waals surface area contributed by atoms with E-state index in [4.69, 9.17) is 19.4 Å². The fraction of sp³-hybridized carbons (Fsp3) is 0. The molecule has 0 spiro atoms. The summed E-state index contributed by atoms with van der Waals surface area (Å²) in [4.78, 5) is 15.6. The molecule has 0 aliphatic rings. The zero-order valence-electron chi connectivity index (χ0n) is 33.6. The summed E-state index contributed by atoms with van der Waals surface area (Å²) in [5.41, 5.74) is 7.93. The first-order chi connectivity index (χ1) is 31.2. The molecular weight excluding hydrogens is 789 g/mol. The Morgan fingerprint density at radius 3 is 1.94 bits per heavy atom. The first-order valence-corrected chi connectivity index (χ1v) is 22.0. The Bertz CT molecular complexity index is 4220. The molecule has 5 nitrogen and oxygen atoms in total. The van der Waals surface area contributed by atoms with Crippen molar-refractivity contribution >= 4 is 108 Å². The summed E-state index contributed by atoms with van der Waals surface area (Å²) >= 11 is 1.78. The predicted molar refractivity (Wildman–Crippen MR) is 263 cm³/mol. The second-order valence-electron chi connectivity index (χ2n) is 16.3. The van der Waals surface area contributed by atoms with Crippen molar-refractivity contribution in [3.63, 3.8) is 0 Å². The summed E-state index contributed by atoms with van der Waals surface area (Å²) in [7, 11) is 0. The molecular formula is C57H32N4OS. The monoisotopic (exact) mass is 820 g/mol. The average molecular weight is 821 g/mol. The highest BCUT2D eigenvalue weighted by molar-refractivity contribution is 7.26. The van der Waals surface area contributed by atoms with Crippen LogP contribution in [0.3, 0.4) is 0 Å². The quantitative estimate of drug-likeness (QED) is 0.177. The van der Waals surface area contributed by atoms with Crippen LogP contribution in [0.5, 0.6) is 0 Å². The summed E-state index contributed by atoms with van der Waals surface area (Å²) < 4.78 is 11.7. The molecule has 0 amide bonds. The van der Waals surface area contributed by atoms with Gasteiger partial charge in [-0.1, -0.05) is 146 Å². The Kier molecular flexibility index (Phi) is 7.21. The Balaban J connectivity index is 1.04. The lowest BCUT2D eigenvalue weighted by Crippen LogP contribution is -2.00. The van der Waals surface area contributed by atoms with E-state index in [2.05, 4.69) is 180 Å². The predicted octanol–water partition coefficient (Wildman–Crippen LogP) is 15.7. The topological polar surface area (TPSA) is 56.7 Å². The third-order valence-corrected chi connectivity index (χ3v) is 14.0. The van der Waals surface area contributed by atoms with Crippen LogP contribution in [0.15, 0.2) is 199 Å². The number of rotatable bonds is 4. The first-order valence-electron chi connectivity index (χ1n) is 21.2. The van der Waals surface area contributed by atoms with Gasteiger partial charge in [0.05, 0.1) is 16.7 Å². The highest BCUT2D eigenvalue weighted by atomic mass is 32.1. The number of furan rings is 1. The molecule has 0 aliphatic heterocycles. The maximum Gasteiger partial charge on any atom is 0.165 e. The van der Waals surface area contributed by atoms with Crippen LogP contribution in [0, 0.1) is 0 Å². The third-order valence-electron chi connectivity index (χ3n) is 12.8. The van der Waals surface area contributed by atoms with E-state index in [0.29, 0.717) is 17.5 Å². The molecule has 0 radical (unpaired) electrons. The van der Waals surface area contributed by atoms with E-state index >= 15 is 0 Å². The minimum Gasteiger partial charge on any atom is -0.455 e. The zero-order chi connectivity index (χ0) is 41.2. The molecule has 14 aromatic rings. The molecule has 0 saturated carbocycles. The standard InChI is InChI=1S/C57H32N4OS/c1-2-14-34(15-3-1)55-58-56(60-57(59-55)44-23-12-22-43-40-20-10-11-24-51(40)63-54(43)44)37-26-28-50-46(30-37)47-32-49(39-19-8-9-21-42(39)53(47)62-50)61-48-31-36-17-5-4-16-35(36)29-45(48)41-27-25-33-13-6-7-18-38(33)52(41)61/h1-32H. The molecule has 0 fully saturated rings. The van der Waals surface area contributed by atoms with Gasteiger partial charge in [0.1, 0.15) is 11.2 Å². The van der Waals surface area contributed by atoms with Crippen molar-refractivity contribution < 1.29 is 4.42 Å². The van der Waals surface area contributed by atoms with E-state index in [9.17, 15) is 0 Å². The van der Waals surface area contributed by atoms with Crippen molar-refractivity contribution in [1.82, 2.24) is 19.5 Å². The van der Waals surface area contributed by atoms with Crippen molar-refractivity contribution in [3.05, 3.63) is 194 Å². The number of hydrogen-bond acceptors (Lipinski definition) is 5. The molecule has 63 heavy (non-hydrogen) atoms. The van der Waals surface area contributed by atoms with Gasteiger partial charge in [0.25, 0.3) is 0 Å². The van der Waals surface area contributed by atoms with Gasteiger partial charge in [-0.3, -0.25) is 0 Å². The fourth-order valence-electron chi connectivity index (χ4n) is 9.88. The van der Waals surface area contributed by atoms with E-state index in [0.717, 1.165) is 65.3 Å². The number of hydrogen-bond donors (Lipinski definition) is 0. The van der Waals surface area contributed by atoms with Crippen LogP contribution >= 0.6 is 11.3 Å². The van der Waals surface area contributed by atoms with Gasteiger partial charge in [-0.2, -0.15) is 0 Å². The molecule has 0 unspecified atom stereocenters.